The third kappa shape index (κ3) is 4.02. The third-order valence-corrected chi connectivity index (χ3v) is 5.71. The van der Waals surface area contributed by atoms with Crippen LogP contribution in [0, 0.1) is 6.92 Å². The van der Waals surface area contributed by atoms with Gasteiger partial charge in [0.1, 0.15) is 11.3 Å². The summed E-state index contributed by atoms with van der Waals surface area (Å²) in [7, 11) is 1.58. The molecule has 0 bridgehead atoms. The first-order valence-corrected chi connectivity index (χ1v) is 10.4. The number of methoxy groups -OCH3 is 1. The van der Waals surface area contributed by atoms with Crippen molar-refractivity contribution in [2.75, 3.05) is 7.11 Å². The van der Waals surface area contributed by atoms with Crippen LogP contribution in [-0.2, 0) is 12.3 Å². The smallest absolute Gasteiger partial charge is 0.336 e. The summed E-state index contributed by atoms with van der Waals surface area (Å²) in [4.78, 5) is 12.0. The number of benzene rings is 2. The van der Waals surface area contributed by atoms with Crippen LogP contribution in [0.4, 0.5) is 0 Å². The average Bonchev–Trinajstić information content (AvgIpc) is 3.14. The van der Waals surface area contributed by atoms with Gasteiger partial charge in [-0.2, -0.15) is 0 Å². The molecule has 152 valence electrons. The molecule has 2 aromatic heterocycles. The van der Waals surface area contributed by atoms with Gasteiger partial charge >= 0.3 is 5.63 Å². The van der Waals surface area contributed by atoms with Crippen LogP contribution in [0.25, 0.3) is 22.4 Å². The quantitative estimate of drug-likeness (QED) is 0.242. The largest absolute Gasteiger partial charge is 0.497 e. The number of rotatable bonds is 7. The Kier molecular flexibility index (Phi) is 5.72. The first-order valence-electron chi connectivity index (χ1n) is 9.44. The van der Waals surface area contributed by atoms with E-state index in [1.807, 2.05) is 34.9 Å². The summed E-state index contributed by atoms with van der Waals surface area (Å²) >= 11 is 1.52. The van der Waals surface area contributed by atoms with E-state index in [4.69, 9.17) is 9.15 Å². The van der Waals surface area contributed by atoms with Crippen molar-refractivity contribution >= 4 is 22.7 Å². The molecule has 6 nitrogen and oxygen atoms in total. The van der Waals surface area contributed by atoms with Gasteiger partial charge in [-0.1, -0.05) is 41.6 Å². The number of allylic oxidation sites excluding steroid dienone is 1. The minimum absolute atomic E-state index is 0.389. The maximum atomic E-state index is 12.0. The first kappa shape index (κ1) is 20.0. The number of ether oxygens (including phenoxy) is 1. The fourth-order valence-electron chi connectivity index (χ4n) is 3.29. The van der Waals surface area contributed by atoms with Crippen molar-refractivity contribution in [3.8, 4) is 17.1 Å². The molecular formula is C23H21N3O3S. The minimum atomic E-state index is -0.389. The maximum Gasteiger partial charge on any atom is 0.336 e. The number of fused-ring (bicyclic) bond motifs is 1. The second kappa shape index (κ2) is 8.59. The molecule has 0 aliphatic rings. The lowest BCUT2D eigenvalue weighted by Crippen LogP contribution is -2.02. The number of aromatic nitrogens is 3. The summed E-state index contributed by atoms with van der Waals surface area (Å²) in [6, 6.07) is 15.2. The zero-order valence-electron chi connectivity index (χ0n) is 16.8. The monoisotopic (exact) mass is 419 g/mol. The number of thioether (sulfide) groups is 1. The molecule has 4 aromatic rings. The molecule has 4 rings (SSSR count). The number of aryl methyl sites for hydroxylation is 1. The van der Waals surface area contributed by atoms with E-state index >= 15 is 0 Å². The Morgan fingerprint density at radius 3 is 2.83 bits per heavy atom. The molecule has 0 saturated heterocycles. The lowest BCUT2D eigenvalue weighted by atomic mass is 10.1. The molecule has 0 saturated carbocycles. The predicted octanol–water partition coefficient (Wildman–Crippen LogP) is 4.85. The van der Waals surface area contributed by atoms with E-state index in [9.17, 15) is 4.79 Å². The van der Waals surface area contributed by atoms with Crippen LogP contribution < -0.4 is 10.4 Å². The van der Waals surface area contributed by atoms with Crippen molar-refractivity contribution in [1.82, 2.24) is 14.8 Å². The molecule has 0 N–H and O–H groups in total. The van der Waals surface area contributed by atoms with Gasteiger partial charge in [-0.25, -0.2) is 4.79 Å². The van der Waals surface area contributed by atoms with E-state index in [2.05, 4.69) is 35.8 Å². The van der Waals surface area contributed by atoms with Gasteiger partial charge in [0.05, 0.1) is 7.11 Å². The van der Waals surface area contributed by atoms with Crippen molar-refractivity contribution in [3.63, 3.8) is 0 Å². The molecule has 30 heavy (non-hydrogen) atoms. The molecule has 0 radical (unpaired) electrons. The van der Waals surface area contributed by atoms with E-state index < -0.39 is 0 Å². The second-order valence-electron chi connectivity index (χ2n) is 6.82. The van der Waals surface area contributed by atoms with Gasteiger partial charge in [0.25, 0.3) is 0 Å². The lowest BCUT2D eigenvalue weighted by molar-refractivity contribution is 0.414. The molecule has 0 fully saturated rings. The van der Waals surface area contributed by atoms with Crippen LogP contribution in [0.2, 0.25) is 0 Å². The van der Waals surface area contributed by atoms with Crippen LogP contribution in [-0.4, -0.2) is 21.9 Å². The molecule has 7 heteroatoms. The van der Waals surface area contributed by atoms with Gasteiger partial charge in [0.2, 0.25) is 0 Å². The Morgan fingerprint density at radius 1 is 1.20 bits per heavy atom. The molecule has 0 aliphatic heterocycles. The normalized spacial score (nSPS) is 11.0. The zero-order chi connectivity index (χ0) is 21.1. The van der Waals surface area contributed by atoms with E-state index in [1.165, 1.54) is 17.8 Å². The van der Waals surface area contributed by atoms with E-state index in [0.29, 0.717) is 23.6 Å². The third-order valence-electron chi connectivity index (χ3n) is 4.70. The standard InChI is InChI=1S/C23H21N3O3S/c1-4-10-26-22(16-7-5-6-15(2)11-16)24-25-23(26)30-14-17-12-21(27)29-20-13-18(28-3)8-9-19(17)20/h4-9,11-13H,1,10,14H2,2-3H3. The summed E-state index contributed by atoms with van der Waals surface area (Å²) in [5.41, 5.74) is 3.16. The van der Waals surface area contributed by atoms with Gasteiger partial charge in [0.15, 0.2) is 11.0 Å². The summed E-state index contributed by atoms with van der Waals surface area (Å²) < 4.78 is 12.6. The van der Waals surface area contributed by atoms with Gasteiger partial charge in [-0.3, -0.25) is 4.57 Å². The average molecular weight is 420 g/mol. The van der Waals surface area contributed by atoms with Gasteiger partial charge in [0, 0.05) is 35.4 Å². The summed E-state index contributed by atoms with van der Waals surface area (Å²) in [6.07, 6.45) is 1.82. The maximum absolute atomic E-state index is 12.0. The van der Waals surface area contributed by atoms with E-state index in [0.717, 1.165) is 33.1 Å². The molecule has 0 aliphatic carbocycles. The Labute approximate surface area is 178 Å². The number of hydrogen-bond acceptors (Lipinski definition) is 6. The van der Waals surface area contributed by atoms with Crippen LogP contribution in [0.15, 0.2) is 75.6 Å². The Bertz CT molecular complexity index is 1280. The van der Waals surface area contributed by atoms with Crippen molar-refractivity contribution in [1.29, 1.82) is 0 Å². The molecule has 0 atom stereocenters. The second-order valence-corrected chi connectivity index (χ2v) is 7.76. The SMILES string of the molecule is C=CCn1c(SCc2cc(=O)oc3cc(OC)ccc23)nnc1-c1cccc(C)c1. The fraction of sp³-hybridized carbons (Fsp3) is 0.174. The zero-order valence-corrected chi connectivity index (χ0v) is 17.6. The van der Waals surface area contributed by atoms with Crippen molar-refractivity contribution < 1.29 is 9.15 Å². The van der Waals surface area contributed by atoms with Crippen LogP contribution in [0.5, 0.6) is 5.75 Å². The minimum Gasteiger partial charge on any atom is -0.497 e. The fourth-order valence-corrected chi connectivity index (χ4v) is 4.22. The van der Waals surface area contributed by atoms with Crippen molar-refractivity contribution in [2.45, 2.75) is 24.4 Å². The first-order chi connectivity index (χ1) is 14.6. The molecule has 0 unspecified atom stereocenters. The Hall–Kier alpha value is -3.32. The van der Waals surface area contributed by atoms with Crippen LogP contribution in [0.1, 0.15) is 11.1 Å². The molecule has 0 spiro atoms. The predicted molar refractivity (Wildman–Crippen MR) is 119 cm³/mol. The van der Waals surface area contributed by atoms with Gasteiger partial charge < -0.3 is 9.15 Å². The lowest BCUT2D eigenvalue weighted by Gasteiger charge is -2.09. The molecule has 2 aromatic carbocycles. The Balaban J connectivity index is 1.67. The Morgan fingerprint density at radius 2 is 2.07 bits per heavy atom. The van der Waals surface area contributed by atoms with Crippen LogP contribution in [0.3, 0.4) is 0 Å². The number of nitrogens with zero attached hydrogens (tertiary/aromatic N) is 3. The molecule has 2 heterocycles. The topological polar surface area (TPSA) is 70.2 Å². The molecule has 0 amide bonds. The highest BCUT2D eigenvalue weighted by Gasteiger charge is 2.15. The van der Waals surface area contributed by atoms with Gasteiger partial charge in [-0.15, -0.1) is 16.8 Å². The highest BCUT2D eigenvalue weighted by Crippen LogP contribution is 2.30. The number of hydrogen-bond donors (Lipinski definition) is 0. The highest BCUT2D eigenvalue weighted by molar-refractivity contribution is 7.98. The van der Waals surface area contributed by atoms with Crippen LogP contribution >= 0.6 is 11.8 Å². The van der Waals surface area contributed by atoms with E-state index in [-0.39, 0.29) is 5.63 Å². The highest BCUT2D eigenvalue weighted by atomic mass is 32.2. The summed E-state index contributed by atoms with van der Waals surface area (Å²) in [5, 5.41) is 10.4. The van der Waals surface area contributed by atoms with Crippen molar-refractivity contribution in [2.24, 2.45) is 0 Å². The van der Waals surface area contributed by atoms with E-state index in [1.54, 1.807) is 13.2 Å². The summed E-state index contributed by atoms with van der Waals surface area (Å²) in [6.45, 7) is 6.51. The summed E-state index contributed by atoms with van der Waals surface area (Å²) in [5.74, 6) is 1.99. The van der Waals surface area contributed by atoms with Crippen molar-refractivity contribution in [3.05, 3.63) is 82.7 Å². The molecular weight excluding hydrogens is 398 g/mol. The van der Waals surface area contributed by atoms with Gasteiger partial charge in [-0.05, 0) is 30.7 Å².